The number of benzene rings is 2. The molecule has 6 heteroatoms. The molecular formula is C14H10F2N2O2. The molecule has 0 aliphatic carbocycles. The van der Waals surface area contributed by atoms with Crippen LogP contribution in [0.5, 0.6) is 5.75 Å². The molecular weight excluding hydrogens is 266 g/mol. The Morgan fingerprint density at radius 1 is 1.15 bits per heavy atom. The molecule has 102 valence electrons. The number of para-hydroxylation sites is 1. The smallest absolute Gasteiger partial charge is 0.326 e. The Morgan fingerprint density at radius 3 is 2.70 bits per heavy atom. The quantitative estimate of drug-likeness (QED) is 0.840. The van der Waals surface area contributed by atoms with Crippen molar-refractivity contribution in [3.63, 3.8) is 0 Å². The van der Waals surface area contributed by atoms with E-state index in [0.29, 0.717) is 5.69 Å². The summed E-state index contributed by atoms with van der Waals surface area (Å²) in [7, 11) is 0. The zero-order chi connectivity index (χ0) is 14.3. The number of amides is 2. The summed E-state index contributed by atoms with van der Waals surface area (Å²) >= 11 is 0. The minimum absolute atomic E-state index is 0.0271. The van der Waals surface area contributed by atoms with Crippen molar-refractivity contribution in [2.45, 2.75) is 6.54 Å². The fourth-order valence-corrected chi connectivity index (χ4v) is 2.16. The second-order valence-electron chi connectivity index (χ2n) is 4.40. The number of aromatic hydroxyl groups is 1. The first kappa shape index (κ1) is 12.4. The fraction of sp³-hybridized carbons (Fsp3) is 0.0714. The molecule has 2 aromatic carbocycles. The summed E-state index contributed by atoms with van der Waals surface area (Å²) in [5.74, 6) is -2.76. The first-order valence-corrected chi connectivity index (χ1v) is 5.91. The molecule has 4 nitrogen and oxygen atoms in total. The molecule has 0 unspecified atom stereocenters. The highest BCUT2D eigenvalue weighted by molar-refractivity contribution is 6.04. The van der Waals surface area contributed by atoms with Gasteiger partial charge >= 0.3 is 6.03 Å². The largest absolute Gasteiger partial charge is 0.505 e. The van der Waals surface area contributed by atoms with Gasteiger partial charge in [0.05, 0.1) is 6.54 Å². The molecule has 20 heavy (non-hydrogen) atoms. The number of carbonyl (C=O) groups is 1. The summed E-state index contributed by atoms with van der Waals surface area (Å²) in [6, 6.07) is 8.16. The zero-order valence-electron chi connectivity index (χ0n) is 10.2. The maximum absolute atomic E-state index is 13.9. The Bertz CT molecular complexity index is 704. The number of halogens is 2. The van der Waals surface area contributed by atoms with Crippen molar-refractivity contribution < 1.29 is 18.7 Å². The summed E-state index contributed by atoms with van der Waals surface area (Å²) < 4.78 is 27.7. The lowest BCUT2D eigenvalue weighted by Gasteiger charge is -2.29. The van der Waals surface area contributed by atoms with Crippen LogP contribution >= 0.6 is 0 Å². The van der Waals surface area contributed by atoms with Gasteiger partial charge in [-0.25, -0.2) is 13.6 Å². The first-order chi connectivity index (χ1) is 9.58. The van der Waals surface area contributed by atoms with Gasteiger partial charge < -0.3 is 10.4 Å². The van der Waals surface area contributed by atoms with E-state index < -0.39 is 29.1 Å². The standard InChI is InChI=1S/C14H10F2N2O2/c15-9-5-6-11(19)12(16)13(9)18-7-8-3-1-2-4-10(8)17-14(18)20/h1-6,19H,7H2,(H,17,20). The maximum Gasteiger partial charge on any atom is 0.326 e. The molecule has 0 spiro atoms. The lowest BCUT2D eigenvalue weighted by Crippen LogP contribution is -2.39. The van der Waals surface area contributed by atoms with E-state index in [1.807, 2.05) is 0 Å². The summed E-state index contributed by atoms with van der Waals surface area (Å²) in [4.78, 5) is 12.9. The van der Waals surface area contributed by atoms with E-state index in [1.165, 1.54) is 0 Å². The SMILES string of the molecule is O=C1Nc2ccccc2CN1c1c(F)ccc(O)c1F. The molecule has 0 saturated heterocycles. The van der Waals surface area contributed by atoms with Crippen LogP contribution in [0.4, 0.5) is 25.0 Å². The van der Waals surface area contributed by atoms with Gasteiger partial charge in [0.25, 0.3) is 0 Å². The number of phenolic OH excluding ortho intramolecular Hbond substituents is 1. The number of hydrogen-bond donors (Lipinski definition) is 2. The average molecular weight is 276 g/mol. The number of hydrogen-bond acceptors (Lipinski definition) is 2. The molecule has 0 atom stereocenters. The van der Waals surface area contributed by atoms with Crippen molar-refractivity contribution in [3.8, 4) is 5.75 Å². The minimum Gasteiger partial charge on any atom is -0.505 e. The van der Waals surface area contributed by atoms with E-state index >= 15 is 0 Å². The van der Waals surface area contributed by atoms with E-state index in [-0.39, 0.29) is 6.54 Å². The van der Waals surface area contributed by atoms with Gasteiger partial charge in [-0.15, -0.1) is 0 Å². The van der Waals surface area contributed by atoms with Crippen molar-refractivity contribution in [3.05, 3.63) is 53.6 Å². The van der Waals surface area contributed by atoms with Crippen LogP contribution < -0.4 is 10.2 Å². The third-order valence-corrected chi connectivity index (χ3v) is 3.15. The van der Waals surface area contributed by atoms with Gasteiger partial charge in [-0.3, -0.25) is 4.90 Å². The van der Waals surface area contributed by atoms with Crippen LogP contribution in [-0.2, 0) is 6.54 Å². The topological polar surface area (TPSA) is 52.6 Å². The van der Waals surface area contributed by atoms with Gasteiger partial charge in [0.15, 0.2) is 11.6 Å². The number of nitrogens with one attached hydrogen (secondary N) is 1. The number of phenols is 1. The minimum atomic E-state index is -1.15. The maximum atomic E-state index is 13.9. The summed E-state index contributed by atoms with van der Waals surface area (Å²) in [5.41, 5.74) is 0.779. The van der Waals surface area contributed by atoms with Crippen LogP contribution in [0.1, 0.15) is 5.56 Å². The number of anilines is 2. The zero-order valence-corrected chi connectivity index (χ0v) is 10.2. The Balaban J connectivity index is 2.09. The van der Waals surface area contributed by atoms with Crippen LogP contribution in [0.25, 0.3) is 0 Å². The van der Waals surface area contributed by atoms with E-state index in [1.54, 1.807) is 24.3 Å². The van der Waals surface area contributed by atoms with Crippen LogP contribution in [0, 0.1) is 11.6 Å². The normalized spacial score (nSPS) is 13.9. The highest BCUT2D eigenvalue weighted by atomic mass is 19.1. The number of fused-ring (bicyclic) bond motifs is 1. The second kappa shape index (κ2) is 4.48. The Kier molecular flexibility index (Phi) is 2.78. The van der Waals surface area contributed by atoms with Crippen molar-refractivity contribution in [1.82, 2.24) is 0 Å². The molecule has 1 aliphatic heterocycles. The molecule has 0 aromatic heterocycles. The second-order valence-corrected chi connectivity index (χ2v) is 4.40. The number of nitrogens with zero attached hydrogens (tertiary/aromatic N) is 1. The van der Waals surface area contributed by atoms with Crippen LogP contribution in [0.15, 0.2) is 36.4 Å². The number of urea groups is 1. The van der Waals surface area contributed by atoms with E-state index in [0.717, 1.165) is 22.6 Å². The molecule has 0 fully saturated rings. The van der Waals surface area contributed by atoms with Crippen molar-refractivity contribution in [2.75, 3.05) is 10.2 Å². The third-order valence-electron chi connectivity index (χ3n) is 3.15. The summed E-state index contributed by atoms with van der Waals surface area (Å²) in [6.45, 7) is 0.0271. The molecule has 3 rings (SSSR count). The number of carbonyl (C=O) groups excluding carboxylic acids is 1. The van der Waals surface area contributed by atoms with Crippen molar-refractivity contribution in [1.29, 1.82) is 0 Å². The lowest BCUT2D eigenvalue weighted by atomic mass is 10.1. The molecule has 2 amide bonds. The highest BCUT2D eigenvalue weighted by Crippen LogP contribution is 2.34. The van der Waals surface area contributed by atoms with Crippen LogP contribution in [0.2, 0.25) is 0 Å². The summed E-state index contributed by atoms with van der Waals surface area (Å²) in [5, 5.41) is 11.9. The lowest BCUT2D eigenvalue weighted by molar-refractivity contribution is 0.255. The number of rotatable bonds is 1. The van der Waals surface area contributed by atoms with Gasteiger partial charge in [0, 0.05) is 5.69 Å². The van der Waals surface area contributed by atoms with Gasteiger partial charge in [0.1, 0.15) is 11.5 Å². The van der Waals surface area contributed by atoms with E-state index in [2.05, 4.69) is 5.32 Å². The molecule has 0 saturated carbocycles. The molecule has 1 aliphatic rings. The average Bonchev–Trinajstić information content (AvgIpc) is 2.44. The molecule has 2 aromatic rings. The Morgan fingerprint density at radius 2 is 1.90 bits per heavy atom. The molecule has 1 heterocycles. The van der Waals surface area contributed by atoms with E-state index in [9.17, 15) is 18.7 Å². The van der Waals surface area contributed by atoms with E-state index in [4.69, 9.17) is 0 Å². The first-order valence-electron chi connectivity index (χ1n) is 5.91. The van der Waals surface area contributed by atoms with Gasteiger partial charge in [-0.2, -0.15) is 0 Å². The summed E-state index contributed by atoms with van der Waals surface area (Å²) in [6.07, 6.45) is 0. The van der Waals surface area contributed by atoms with Gasteiger partial charge in [0.2, 0.25) is 0 Å². The fourth-order valence-electron chi connectivity index (χ4n) is 2.16. The van der Waals surface area contributed by atoms with Gasteiger partial charge in [-0.1, -0.05) is 18.2 Å². The predicted octanol–water partition coefficient (Wildman–Crippen LogP) is 3.22. The highest BCUT2D eigenvalue weighted by Gasteiger charge is 2.29. The molecule has 0 radical (unpaired) electrons. The Labute approximate surface area is 113 Å². The monoisotopic (exact) mass is 276 g/mol. The third kappa shape index (κ3) is 1.85. The van der Waals surface area contributed by atoms with Crippen molar-refractivity contribution >= 4 is 17.4 Å². The van der Waals surface area contributed by atoms with Crippen LogP contribution in [0.3, 0.4) is 0 Å². The van der Waals surface area contributed by atoms with Crippen LogP contribution in [-0.4, -0.2) is 11.1 Å². The van der Waals surface area contributed by atoms with Gasteiger partial charge in [-0.05, 0) is 23.8 Å². The Hall–Kier alpha value is -2.63. The van der Waals surface area contributed by atoms with Crippen molar-refractivity contribution in [2.24, 2.45) is 0 Å². The molecule has 2 N–H and O–H groups in total. The predicted molar refractivity (Wildman–Crippen MR) is 69.7 cm³/mol. The molecule has 0 bridgehead atoms.